The highest BCUT2D eigenvalue weighted by Gasteiger charge is 2.27. The molecular formula is C27H36N4O2. The third kappa shape index (κ3) is 4.80. The van der Waals surface area contributed by atoms with Gasteiger partial charge in [0.1, 0.15) is 11.6 Å². The Morgan fingerprint density at radius 1 is 1.15 bits per heavy atom. The lowest BCUT2D eigenvalue weighted by Gasteiger charge is -2.21. The van der Waals surface area contributed by atoms with E-state index in [-0.39, 0.29) is 20.6 Å². The largest absolute Gasteiger partial charge is 0.507 e. The van der Waals surface area contributed by atoms with Gasteiger partial charge in [-0.1, -0.05) is 43.9 Å². The summed E-state index contributed by atoms with van der Waals surface area (Å²) in [5.41, 5.74) is 2.62. The van der Waals surface area contributed by atoms with Crippen LogP contribution in [0.25, 0.3) is 22.3 Å². The molecule has 33 heavy (non-hydrogen) atoms. The van der Waals surface area contributed by atoms with E-state index in [0.717, 1.165) is 54.1 Å². The van der Waals surface area contributed by atoms with Gasteiger partial charge in [-0.3, -0.25) is 4.79 Å². The molecule has 1 aliphatic heterocycles. The molecule has 1 saturated heterocycles. The molecule has 0 bridgehead atoms. The van der Waals surface area contributed by atoms with Crippen molar-refractivity contribution in [2.75, 3.05) is 18.0 Å². The van der Waals surface area contributed by atoms with Crippen molar-refractivity contribution in [3.05, 3.63) is 48.0 Å². The number of aromatic hydroxyl groups is 1. The Balaban J connectivity index is 0.00000171. The zero-order valence-electron chi connectivity index (χ0n) is 19.3. The van der Waals surface area contributed by atoms with Gasteiger partial charge in [-0.05, 0) is 55.5 Å². The fourth-order valence-corrected chi connectivity index (χ4v) is 5.25. The Hall–Kier alpha value is -3.15. The van der Waals surface area contributed by atoms with Crippen LogP contribution in [0, 0.1) is 12.8 Å². The summed E-state index contributed by atoms with van der Waals surface area (Å²) >= 11 is 0. The molecule has 1 aromatic heterocycles. The second-order valence-electron chi connectivity index (χ2n) is 9.60. The Bertz CT molecular complexity index is 1170. The maximum atomic E-state index is 12.5. The highest BCUT2D eigenvalue weighted by molar-refractivity contribution is 5.92. The fourth-order valence-electron chi connectivity index (χ4n) is 5.25. The number of rotatable bonds is 6. The Morgan fingerprint density at radius 2 is 1.97 bits per heavy atom. The van der Waals surface area contributed by atoms with E-state index in [1.54, 1.807) is 12.1 Å². The number of nitrogens with zero attached hydrogens (tertiary/aromatic N) is 3. The molecule has 0 unspecified atom stereocenters. The molecule has 0 radical (unpaired) electrons. The Kier molecular flexibility index (Phi) is 6.16. The van der Waals surface area contributed by atoms with E-state index in [2.05, 4.69) is 28.4 Å². The number of amides is 1. The van der Waals surface area contributed by atoms with Gasteiger partial charge in [0.15, 0.2) is 5.82 Å². The molecular weight excluding hydrogens is 412 g/mol. The number of carbonyl (C=O) groups excluding carboxylic acids is 1. The SMILES string of the molecule is Cc1ccc2c(N3CC[C@@H](NC(=O)CCC4CCCC4)C3)nc(-c3ccccc3O)nc2c1.[HH].[HH]. The molecule has 1 saturated carbocycles. The van der Waals surface area contributed by atoms with Crippen LogP contribution in [0.1, 0.15) is 53.4 Å². The number of hydrogen-bond acceptors (Lipinski definition) is 5. The summed E-state index contributed by atoms with van der Waals surface area (Å²) in [4.78, 5) is 24.4. The topological polar surface area (TPSA) is 78.4 Å². The minimum atomic E-state index is 0. The van der Waals surface area contributed by atoms with Crippen molar-refractivity contribution in [1.29, 1.82) is 0 Å². The molecule has 1 atom stereocenters. The molecule has 2 heterocycles. The van der Waals surface area contributed by atoms with Gasteiger partial charge >= 0.3 is 0 Å². The van der Waals surface area contributed by atoms with Crippen LogP contribution in [0.4, 0.5) is 5.82 Å². The Labute approximate surface area is 198 Å². The van der Waals surface area contributed by atoms with Crippen LogP contribution in [0.3, 0.4) is 0 Å². The first kappa shape index (κ1) is 21.7. The molecule has 1 aliphatic carbocycles. The van der Waals surface area contributed by atoms with Gasteiger partial charge < -0.3 is 15.3 Å². The number of fused-ring (bicyclic) bond motifs is 1. The molecule has 2 N–H and O–H groups in total. The number of aryl methyl sites for hydroxylation is 1. The number of phenolic OH excluding ortho intramolecular Hbond substituents is 1. The average Bonchev–Trinajstić information content (AvgIpc) is 3.49. The van der Waals surface area contributed by atoms with E-state index in [0.29, 0.717) is 17.8 Å². The predicted molar refractivity (Wildman–Crippen MR) is 136 cm³/mol. The smallest absolute Gasteiger partial charge is 0.220 e. The molecule has 2 aliphatic rings. The van der Waals surface area contributed by atoms with E-state index in [1.807, 2.05) is 19.1 Å². The molecule has 5 rings (SSSR count). The lowest BCUT2D eigenvalue weighted by molar-refractivity contribution is -0.121. The molecule has 6 nitrogen and oxygen atoms in total. The summed E-state index contributed by atoms with van der Waals surface area (Å²) in [5.74, 6) is 2.46. The summed E-state index contributed by atoms with van der Waals surface area (Å²) in [6, 6.07) is 13.5. The lowest BCUT2D eigenvalue weighted by Crippen LogP contribution is -2.37. The number of anilines is 1. The van der Waals surface area contributed by atoms with Crippen molar-refractivity contribution >= 4 is 22.6 Å². The second kappa shape index (κ2) is 9.38. The van der Waals surface area contributed by atoms with E-state index < -0.39 is 0 Å². The standard InChI is InChI=1S/C27H32N4O2.2H2/c1-18-10-12-21-23(16-18)29-26(22-8-4-5-9-24(22)32)30-27(21)31-15-14-20(17-31)28-25(33)13-11-19-6-2-3-7-19;;/h4-5,8-10,12,16,19-20,32H,2-3,6-7,11,13-15,17H2,1H3,(H,28,33);2*1H/t20-;;/m1../s1. The van der Waals surface area contributed by atoms with Gasteiger partial charge in [-0.25, -0.2) is 9.97 Å². The van der Waals surface area contributed by atoms with Gasteiger partial charge in [0.05, 0.1) is 11.1 Å². The number of benzene rings is 2. The highest BCUT2D eigenvalue weighted by atomic mass is 16.3. The van der Waals surface area contributed by atoms with Crippen molar-refractivity contribution in [3.63, 3.8) is 0 Å². The number of hydrogen-bond donors (Lipinski definition) is 2. The molecule has 2 fully saturated rings. The minimum Gasteiger partial charge on any atom is -0.507 e. The molecule has 2 aromatic carbocycles. The summed E-state index contributed by atoms with van der Waals surface area (Å²) in [6.45, 7) is 3.61. The lowest BCUT2D eigenvalue weighted by atomic mass is 10.0. The monoisotopic (exact) mass is 448 g/mol. The highest BCUT2D eigenvalue weighted by Crippen LogP contribution is 2.33. The molecule has 1 amide bonds. The van der Waals surface area contributed by atoms with Crippen LogP contribution < -0.4 is 10.2 Å². The van der Waals surface area contributed by atoms with Crippen molar-refractivity contribution in [3.8, 4) is 17.1 Å². The Morgan fingerprint density at radius 3 is 2.79 bits per heavy atom. The first-order chi connectivity index (χ1) is 16.1. The van der Waals surface area contributed by atoms with E-state index in [1.165, 1.54) is 25.7 Å². The van der Waals surface area contributed by atoms with Crippen molar-refractivity contribution < 1.29 is 12.8 Å². The van der Waals surface area contributed by atoms with Gasteiger partial charge in [-0.2, -0.15) is 0 Å². The molecule has 6 heteroatoms. The number of carbonyl (C=O) groups is 1. The first-order valence-electron chi connectivity index (χ1n) is 12.2. The number of aromatic nitrogens is 2. The summed E-state index contributed by atoms with van der Waals surface area (Å²) < 4.78 is 0. The normalized spacial score (nSPS) is 18.8. The van der Waals surface area contributed by atoms with Crippen LogP contribution >= 0.6 is 0 Å². The first-order valence-corrected chi connectivity index (χ1v) is 12.2. The summed E-state index contributed by atoms with van der Waals surface area (Å²) in [6.07, 6.45) is 7.75. The maximum Gasteiger partial charge on any atom is 0.220 e. The van der Waals surface area contributed by atoms with Crippen LogP contribution in [0.5, 0.6) is 5.75 Å². The molecule has 0 spiro atoms. The number of phenols is 1. The second-order valence-corrected chi connectivity index (χ2v) is 9.60. The van der Waals surface area contributed by atoms with Crippen molar-refractivity contribution in [1.82, 2.24) is 15.3 Å². The van der Waals surface area contributed by atoms with Crippen molar-refractivity contribution in [2.45, 2.75) is 57.9 Å². The average molecular weight is 449 g/mol. The van der Waals surface area contributed by atoms with E-state index in [9.17, 15) is 9.90 Å². The van der Waals surface area contributed by atoms with E-state index in [4.69, 9.17) is 9.97 Å². The quantitative estimate of drug-likeness (QED) is 0.523. The van der Waals surface area contributed by atoms with E-state index >= 15 is 0 Å². The van der Waals surface area contributed by atoms with Crippen LogP contribution in [0.2, 0.25) is 0 Å². The molecule has 176 valence electrons. The number of para-hydroxylation sites is 1. The third-order valence-corrected chi connectivity index (χ3v) is 7.08. The van der Waals surface area contributed by atoms with Gasteiger partial charge in [0.25, 0.3) is 0 Å². The van der Waals surface area contributed by atoms with Crippen molar-refractivity contribution in [2.24, 2.45) is 5.92 Å². The van der Waals surface area contributed by atoms with Gasteiger partial charge in [0.2, 0.25) is 5.91 Å². The maximum absolute atomic E-state index is 12.5. The zero-order chi connectivity index (χ0) is 22.8. The van der Waals surface area contributed by atoms with Gasteiger partial charge in [-0.15, -0.1) is 0 Å². The summed E-state index contributed by atoms with van der Waals surface area (Å²) in [7, 11) is 0. The fraction of sp³-hybridized carbons (Fsp3) is 0.444. The minimum absolute atomic E-state index is 0. The molecule has 3 aromatic rings. The van der Waals surface area contributed by atoms with Gasteiger partial charge in [0, 0.05) is 33.8 Å². The van der Waals surface area contributed by atoms with Crippen LogP contribution in [-0.4, -0.2) is 40.1 Å². The third-order valence-electron chi connectivity index (χ3n) is 7.08. The summed E-state index contributed by atoms with van der Waals surface area (Å²) in [5, 5.41) is 14.6. The predicted octanol–water partition coefficient (Wildman–Crippen LogP) is 5.47. The number of nitrogens with one attached hydrogen (secondary N) is 1. The van der Waals surface area contributed by atoms with Crippen LogP contribution in [-0.2, 0) is 4.79 Å². The van der Waals surface area contributed by atoms with Crippen LogP contribution in [0.15, 0.2) is 42.5 Å². The zero-order valence-corrected chi connectivity index (χ0v) is 19.3.